The molecule has 2 aromatic rings. The molecule has 0 unspecified atom stereocenters. The molecule has 0 radical (unpaired) electrons. The Hall–Kier alpha value is -2.59. The monoisotopic (exact) mass is 379 g/mol. The van der Waals surface area contributed by atoms with E-state index in [0.717, 1.165) is 5.01 Å². The number of anilines is 1. The van der Waals surface area contributed by atoms with Crippen molar-refractivity contribution in [2.45, 2.75) is 19.4 Å². The number of carbonyl (C=O) groups is 2. The lowest BCUT2D eigenvalue weighted by Gasteiger charge is -2.14. The van der Waals surface area contributed by atoms with Crippen LogP contribution in [0.5, 0.6) is 0 Å². The summed E-state index contributed by atoms with van der Waals surface area (Å²) < 4.78 is 19.7. The zero-order valence-electron chi connectivity index (χ0n) is 14.1. The number of halogens is 1. The number of amides is 2. The molecular weight excluding hydrogens is 361 g/mol. The van der Waals surface area contributed by atoms with Crippen molar-refractivity contribution in [3.05, 3.63) is 29.0 Å². The normalized spacial score (nSPS) is 16.7. The molecule has 1 saturated heterocycles. The van der Waals surface area contributed by atoms with Crippen LogP contribution >= 0.6 is 11.3 Å². The van der Waals surface area contributed by atoms with Crippen molar-refractivity contribution in [1.29, 1.82) is 0 Å². The van der Waals surface area contributed by atoms with Gasteiger partial charge in [0.1, 0.15) is 16.9 Å². The van der Waals surface area contributed by atoms with Crippen LogP contribution in [0.3, 0.4) is 0 Å². The molecule has 1 aromatic heterocycles. The minimum atomic E-state index is -0.575. The van der Waals surface area contributed by atoms with E-state index in [2.05, 4.69) is 15.5 Å². The molecule has 2 amide bonds. The van der Waals surface area contributed by atoms with Gasteiger partial charge in [0.05, 0.1) is 18.8 Å². The summed E-state index contributed by atoms with van der Waals surface area (Å²) in [7, 11) is 0. The molecule has 1 aliphatic heterocycles. The molecule has 1 aromatic carbocycles. The number of ether oxygens (including phenoxy) is 1. The first-order valence-electron chi connectivity index (χ1n) is 8.03. The molecule has 0 saturated carbocycles. The number of nitrogens with zero attached hydrogens (tertiary/aromatic N) is 3. The van der Waals surface area contributed by atoms with Crippen LogP contribution in [0.2, 0.25) is 0 Å². The van der Waals surface area contributed by atoms with Gasteiger partial charge in [-0.15, -0.1) is 10.2 Å². The topological polar surface area (TPSA) is 110 Å². The summed E-state index contributed by atoms with van der Waals surface area (Å²) in [6.07, 6.45) is -0.461. The first-order chi connectivity index (χ1) is 12.5. The Morgan fingerprint density at radius 2 is 2.31 bits per heavy atom. The zero-order chi connectivity index (χ0) is 18.7. The van der Waals surface area contributed by atoms with Gasteiger partial charge >= 0.3 is 6.09 Å². The van der Waals surface area contributed by atoms with E-state index in [9.17, 15) is 14.0 Å². The number of nitrogens with two attached hydrogens (primary N) is 1. The van der Waals surface area contributed by atoms with Crippen LogP contribution in [-0.2, 0) is 16.0 Å². The molecule has 1 fully saturated rings. The predicted octanol–water partition coefficient (Wildman–Crippen LogP) is 1.31. The highest BCUT2D eigenvalue weighted by Gasteiger charge is 2.32. The van der Waals surface area contributed by atoms with E-state index in [0.29, 0.717) is 29.2 Å². The Morgan fingerprint density at radius 3 is 3.00 bits per heavy atom. The molecule has 1 atom stereocenters. The third-order valence-electron chi connectivity index (χ3n) is 3.77. The number of rotatable bonds is 6. The summed E-state index contributed by atoms with van der Waals surface area (Å²) in [5.41, 5.74) is 6.18. The van der Waals surface area contributed by atoms with Crippen molar-refractivity contribution in [2.75, 3.05) is 24.5 Å². The summed E-state index contributed by atoms with van der Waals surface area (Å²) >= 11 is 1.29. The smallest absolute Gasteiger partial charge is 0.414 e. The van der Waals surface area contributed by atoms with Crippen LogP contribution < -0.4 is 16.0 Å². The largest absolute Gasteiger partial charge is 0.442 e. The number of nitrogens with one attached hydrogen (secondary N) is 1. The first kappa shape index (κ1) is 18.2. The second-order valence-corrected chi connectivity index (χ2v) is 6.82. The van der Waals surface area contributed by atoms with Crippen molar-refractivity contribution in [3.8, 4) is 10.6 Å². The van der Waals surface area contributed by atoms with E-state index in [4.69, 9.17) is 10.5 Å². The molecule has 138 valence electrons. The molecule has 3 rings (SSSR count). The molecule has 0 bridgehead atoms. The lowest BCUT2D eigenvalue weighted by atomic mass is 10.2. The Bertz CT molecular complexity index is 828. The van der Waals surface area contributed by atoms with Crippen molar-refractivity contribution in [2.24, 2.45) is 5.73 Å². The average Bonchev–Trinajstić information content (AvgIpc) is 3.20. The average molecular weight is 379 g/mol. The predicted molar refractivity (Wildman–Crippen MR) is 94.4 cm³/mol. The Labute approximate surface area is 153 Å². The van der Waals surface area contributed by atoms with Gasteiger partial charge in [-0.05, 0) is 24.7 Å². The molecule has 26 heavy (non-hydrogen) atoms. The van der Waals surface area contributed by atoms with Gasteiger partial charge in [0.15, 0.2) is 5.01 Å². The van der Waals surface area contributed by atoms with E-state index >= 15 is 0 Å². The van der Waals surface area contributed by atoms with Crippen LogP contribution in [0.1, 0.15) is 11.9 Å². The van der Waals surface area contributed by atoms with Gasteiger partial charge in [-0.1, -0.05) is 11.3 Å². The quantitative estimate of drug-likeness (QED) is 0.783. The third kappa shape index (κ3) is 3.97. The van der Waals surface area contributed by atoms with Crippen molar-refractivity contribution < 1.29 is 18.7 Å². The second-order valence-electron chi connectivity index (χ2n) is 5.76. The van der Waals surface area contributed by atoms with Crippen molar-refractivity contribution >= 4 is 29.0 Å². The van der Waals surface area contributed by atoms with Gasteiger partial charge in [-0.3, -0.25) is 9.69 Å². The van der Waals surface area contributed by atoms with Gasteiger partial charge in [-0.25, -0.2) is 9.18 Å². The van der Waals surface area contributed by atoms with Gasteiger partial charge in [-0.2, -0.15) is 0 Å². The van der Waals surface area contributed by atoms with E-state index in [1.54, 1.807) is 12.1 Å². The fraction of sp³-hybridized carbons (Fsp3) is 0.375. The molecule has 0 spiro atoms. The fourth-order valence-corrected chi connectivity index (χ4v) is 3.41. The number of benzene rings is 1. The highest BCUT2D eigenvalue weighted by Crippen LogP contribution is 2.30. The van der Waals surface area contributed by atoms with Crippen LogP contribution in [0, 0.1) is 5.82 Å². The number of hydrogen-bond donors (Lipinski definition) is 2. The van der Waals surface area contributed by atoms with Gasteiger partial charge in [0, 0.05) is 18.9 Å². The third-order valence-corrected chi connectivity index (χ3v) is 4.79. The maximum absolute atomic E-state index is 14.5. The summed E-state index contributed by atoms with van der Waals surface area (Å²) in [5.74, 6) is -0.711. The van der Waals surface area contributed by atoms with Crippen LogP contribution in [0.25, 0.3) is 10.6 Å². The summed E-state index contributed by atoms with van der Waals surface area (Å²) in [4.78, 5) is 24.3. The second kappa shape index (κ2) is 7.75. The standard InChI is InChI=1S/C16H18FN5O3S/c1-9(23)19-7-11-8-22(16(24)25-11)10-2-3-12(13(17)6-10)15-21-20-14(26-15)4-5-18/h2-3,6,11H,4-5,7-8,18H2,1H3,(H,19,23)/t11-/m0/s1. The maximum Gasteiger partial charge on any atom is 0.414 e. The van der Waals surface area contributed by atoms with E-state index in [1.165, 1.54) is 29.2 Å². The number of carbonyl (C=O) groups excluding carboxylic acids is 2. The molecule has 0 aliphatic carbocycles. The summed E-state index contributed by atoms with van der Waals surface area (Å²) in [6, 6.07) is 4.46. The molecular formula is C16H18FN5O3S. The molecule has 10 heteroatoms. The van der Waals surface area contributed by atoms with Crippen LogP contribution in [-0.4, -0.2) is 47.9 Å². The Balaban J connectivity index is 1.74. The van der Waals surface area contributed by atoms with Crippen molar-refractivity contribution in [3.63, 3.8) is 0 Å². The minimum absolute atomic E-state index is 0.207. The highest BCUT2D eigenvalue weighted by atomic mass is 32.1. The number of hydrogen-bond acceptors (Lipinski definition) is 7. The number of aromatic nitrogens is 2. The maximum atomic E-state index is 14.5. The molecule has 3 N–H and O–H groups in total. The number of cyclic esters (lactones) is 1. The van der Waals surface area contributed by atoms with Gasteiger partial charge in [0.25, 0.3) is 0 Å². The first-order valence-corrected chi connectivity index (χ1v) is 8.84. The Morgan fingerprint density at radius 1 is 1.50 bits per heavy atom. The Kier molecular flexibility index (Phi) is 5.43. The van der Waals surface area contributed by atoms with E-state index in [-0.39, 0.29) is 19.0 Å². The summed E-state index contributed by atoms with van der Waals surface area (Å²) in [6.45, 7) is 2.28. The van der Waals surface area contributed by atoms with E-state index < -0.39 is 18.0 Å². The molecule has 2 heterocycles. The van der Waals surface area contributed by atoms with Gasteiger partial charge in [0.2, 0.25) is 5.91 Å². The highest BCUT2D eigenvalue weighted by molar-refractivity contribution is 7.14. The SMILES string of the molecule is CC(=O)NC[C@H]1CN(c2ccc(-c3nnc(CCN)s3)c(F)c2)C(=O)O1. The van der Waals surface area contributed by atoms with Crippen LogP contribution in [0.4, 0.5) is 14.9 Å². The minimum Gasteiger partial charge on any atom is -0.442 e. The van der Waals surface area contributed by atoms with Crippen LogP contribution in [0.15, 0.2) is 18.2 Å². The molecule has 1 aliphatic rings. The molecule has 8 nitrogen and oxygen atoms in total. The van der Waals surface area contributed by atoms with Gasteiger partial charge < -0.3 is 15.8 Å². The lowest BCUT2D eigenvalue weighted by Crippen LogP contribution is -2.33. The summed E-state index contributed by atoms with van der Waals surface area (Å²) in [5, 5.41) is 11.8. The van der Waals surface area contributed by atoms with Crippen molar-refractivity contribution in [1.82, 2.24) is 15.5 Å². The lowest BCUT2D eigenvalue weighted by molar-refractivity contribution is -0.119. The fourth-order valence-electron chi connectivity index (χ4n) is 2.53. The van der Waals surface area contributed by atoms with E-state index in [1.807, 2.05) is 0 Å². The zero-order valence-corrected chi connectivity index (χ0v) is 14.9.